The van der Waals surface area contributed by atoms with E-state index in [1.807, 2.05) is 65.6 Å². The van der Waals surface area contributed by atoms with E-state index in [1.54, 1.807) is 7.11 Å². The van der Waals surface area contributed by atoms with E-state index in [0.717, 1.165) is 51.7 Å². The Bertz CT molecular complexity index is 1280. The van der Waals surface area contributed by atoms with Gasteiger partial charge in [0.25, 0.3) is 5.91 Å². The highest BCUT2D eigenvalue weighted by atomic mass is 32.1. The highest BCUT2D eigenvalue weighted by molar-refractivity contribution is 7.09. The van der Waals surface area contributed by atoms with Gasteiger partial charge < -0.3 is 14.5 Å². The van der Waals surface area contributed by atoms with Crippen molar-refractivity contribution in [1.82, 2.24) is 14.3 Å². The van der Waals surface area contributed by atoms with Crippen LogP contribution in [-0.2, 0) is 6.42 Å². The first-order valence-electron chi connectivity index (χ1n) is 11.1. The Morgan fingerprint density at radius 1 is 1.09 bits per heavy atom. The lowest BCUT2D eigenvalue weighted by Crippen LogP contribution is -2.54. The van der Waals surface area contributed by atoms with Crippen LogP contribution >= 0.6 is 11.5 Å². The molecule has 1 amide bonds. The summed E-state index contributed by atoms with van der Waals surface area (Å²) >= 11 is 1.43. The lowest BCUT2D eigenvalue weighted by Gasteiger charge is -2.39. The summed E-state index contributed by atoms with van der Waals surface area (Å²) in [6.45, 7) is 4.25. The predicted octanol–water partition coefficient (Wildman–Crippen LogP) is 4.64. The lowest BCUT2D eigenvalue weighted by molar-refractivity contribution is 0.0676. The Labute approximate surface area is 197 Å². The molecule has 33 heavy (non-hydrogen) atoms. The molecule has 1 fully saturated rings. The zero-order valence-corrected chi connectivity index (χ0v) is 19.6. The van der Waals surface area contributed by atoms with Crippen LogP contribution in [0.2, 0.25) is 0 Å². The van der Waals surface area contributed by atoms with Crippen molar-refractivity contribution in [2.24, 2.45) is 0 Å². The smallest absolute Gasteiger partial charge is 0.254 e. The maximum absolute atomic E-state index is 13.4. The van der Waals surface area contributed by atoms with Crippen molar-refractivity contribution in [3.63, 3.8) is 0 Å². The fourth-order valence-electron chi connectivity index (χ4n) is 4.41. The normalized spacial score (nSPS) is 16.2. The fourth-order valence-corrected chi connectivity index (χ4v) is 5.13. The van der Waals surface area contributed by atoms with Gasteiger partial charge in [-0.25, -0.2) is 4.98 Å². The Kier molecular flexibility index (Phi) is 5.96. The van der Waals surface area contributed by atoms with Gasteiger partial charge in [-0.2, -0.15) is 4.37 Å². The average molecular weight is 459 g/mol. The first kappa shape index (κ1) is 21.4. The number of ether oxygens (including phenoxy) is 1. The monoisotopic (exact) mass is 458 g/mol. The summed E-state index contributed by atoms with van der Waals surface area (Å²) in [7, 11) is 1.67. The molecule has 1 aliphatic heterocycles. The molecule has 1 unspecified atom stereocenters. The topological polar surface area (TPSA) is 58.6 Å². The van der Waals surface area contributed by atoms with Crippen molar-refractivity contribution in [1.29, 1.82) is 0 Å². The van der Waals surface area contributed by atoms with Crippen molar-refractivity contribution in [2.75, 3.05) is 31.6 Å². The Morgan fingerprint density at radius 3 is 2.76 bits per heavy atom. The minimum atomic E-state index is 0.0796. The maximum atomic E-state index is 13.4. The molecule has 0 radical (unpaired) electrons. The number of piperazine rings is 1. The van der Waals surface area contributed by atoms with Crippen LogP contribution in [0.25, 0.3) is 10.8 Å². The molecule has 1 atom stereocenters. The number of nitrogens with zero attached hydrogens (tertiary/aromatic N) is 4. The van der Waals surface area contributed by atoms with Gasteiger partial charge in [-0.3, -0.25) is 4.79 Å². The molecule has 3 aromatic carbocycles. The van der Waals surface area contributed by atoms with E-state index in [2.05, 4.69) is 22.3 Å². The highest BCUT2D eigenvalue weighted by Gasteiger charge is 2.30. The molecule has 0 N–H and O–H groups in total. The van der Waals surface area contributed by atoms with Crippen LogP contribution < -0.4 is 9.64 Å². The van der Waals surface area contributed by atoms with Crippen molar-refractivity contribution in [3.8, 4) is 5.75 Å². The number of hydrogen-bond donors (Lipinski definition) is 0. The number of rotatable bonds is 5. The van der Waals surface area contributed by atoms with E-state index in [-0.39, 0.29) is 11.9 Å². The fraction of sp³-hybridized carbons (Fsp3) is 0.269. The largest absolute Gasteiger partial charge is 0.497 e. The van der Waals surface area contributed by atoms with E-state index >= 15 is 0 Å². The lowest BCUT2D eigenvalue weighted by atomic mass is 10.0. The zero-order valence-electron chi connectivity index (χ0n) is 18.8. The predicted molar refractivity (Wildman–Crippen MR) is 132 cm³/mol. The van der Waals surface area contributed by atoms with Crippen LogP contribution in [0.3, 0.4) is 0 Å². The molecule has 168 valence electrons. The first-order valence-corrected chi connectivity index (χ1v) is 11.9. The number of hydrogen-bond acceptors (Lipinski definition) is 6. The minimum absolute atomic E-state index is 0.0796. The van der Waals surface area contributed by atoms with E-state index in [0.29, 0.717) is 13.0 Å². The van der Waals surface area contributed by atoms with E-state index < -0.39 is 0 Å². The molecule has 2 heterocycles. The van der Waals surface area contributed by atoms with Gasteiger partial charge >= 0.3 is 0 Å². The van der Waals surface area contributed by atoms with Crippen LogP contribution in [0.4, 0.5) is 5.13 Å². The summed E-state index contributed by atoms with van der Waals surface area (Å²) < 4.78 is 9.88. The van der Waals surface area contributed by atoms with Gasteiger partial charge in [0, 0.05) is 49.2 Å². The Morgan fingerprint density at radius 2 is 1.91 bits per heavy atom. The van der Waals surface area contributed by atoms with E-state index in [4.69, 9.17) is 9.72 Å². The molecular formula is C26H26N4O2S. The van der Waals surface area contributed by atoms with Crippen molar-refractivity contribution >= 4 is 33.3 Å². The quantitative estimate of drug-likeness (QED) is 0.436. The van der Waals surface area contributed by atoms with Crippen LogP contribution in [0, 0.1) is 0 Å². The Hall–Kier alpha value is -3.45. The summed E-state index contributed by atoms with van der Waals surface area (Å²) in [6, 6.07) is 22.1. The molecule has 0 spiro atoms. The highest BCUT2D eigenvalue weighted by Crippen LogP contribution is 2.26. The zero-order chi connectivity index (χ0) is 22.8. The summed E-state index contributed by atoms with van der Waals surface area (Å²) in [5.74, 6) is 1.74. The Balaban J connectivity index is 1.27. The number of carbonyl (C=O) groups excluding carboxylic acids is 1. The van der Waals surface area contributed by atoms with Gasteiger partial charge in [0.2, 0.25) is 5.13 Å². The molecule has 5 rings (SSSR count). The summed E-state index contributed by atoms with van der Waals surface area (Å²) in [4.78, 5) is 22.4. The van der Waals surface area contributed by atoms with Gasteiger partial charge in [0.05, 0.1) is 7.11 Å². The van der Waals surface area contributed by atoms with Crippen molar-refractivity contribution < 1.29 is 9.53 Å². The molecular weight excluding hydrogens is 432 g/mol. The third kappa shape index (κ3) is 4.41. The number of anilines is 1. The molecule has 1 aromatic heterocycles. The standard InChI is InChI=1S/C26H26N4O2S/c1-18-17-29(26-27-24(28-33-26)16-19-7-5-10-21(15-19)32-2)13-14-30(18)25(31)23-12-6-9-20-8-3-4-11-22(20)23/h3-12,15,18H,13-14,16-17H2,1-2H3. The second kappa shape index (κ2) is 9.19. The molecule has 4 aromatic rings. The third-order valence-corrected chi connectivity index (χ3v) is 6.95. The van der Waals surface area contributed by atoms with Crippen LogP contribution in [0.5, 0.6) is 5.75 Å². The van der Waals surface area contributed by atoms with Crippen molar-refractivity contribution in [2.45, 2.75) is 19.4 Å². The van der Waals surface area contributed by atoms with Gasteiger partial charge in [0.1, 0.15) is 11.6 Å². The summed E-state index contributed by atoms with van der Waals surface area (Å²) in [6.07, 6.45) is 0.669. The number of aromatic nitrogens is 2. The average Bonchev–Trinajstić information content (AvgIpc) is 3.32. The molecule has 1 saturated heterocycles. The second-order valence-corrected chi connectivity index (χ2v) is 9.07. The number of amides is 1. The number of fused-ring (bicyclic) bond motifs is 1. The van der Waals surface area contributed by atoms with E-state index in [1.165, 1.54) is 11.5 Å². The van der Waals surface area contributed by atoms with Gasteiger partial charge in [0.15, 0.2) is 0 Å². The van der Waals surface area contributed by atoms with E-state index in [9.17, 15) is 4.79 Å². The SMILES string of the molecule is COc1cccc(Cc2nsc(N3CCN(C(=O)c4cccc5ccccc45)C(C)C3)n2)c1. The number of benzene rings is 3. The minimum Gasteiger partial charge on any atom is -0.497 e. The maximum Gasteiger partial charge on any atom is 0.254 e. The summed E-state index contributed by atoms with van der Waals surface area (Å²) in [5, 5.41) is 3.01. The molecule has 6 nitrogen and oxygen atoms in total. The van der Waals surface area contributed by atoms with Crippen LogP contribution in [0.1, 0.15) is 28.7 Å². The molecule has 0 aliphatic carbocycles. The first-order chi connectivity index (χ1) is 16.1. The molecule has 1 aliphatic rings. The van der Waals surface area contributed by atoms with Crippen LogP contribution in [0.15, 0.2) is 66.7 Å². The third-order valence-electron chi connectivity index (χ3n) is 6.13. The second-order valence-electron chi connectivity index (χ2n) is 8.34. The molecule has 0 bridgehead atoms. The van der Waals surface area contributed by atoms with Crippen molar-refractivity contribution in [3.05, 3.63) is 83.7 Å². The number of methoxy groups -OCH3 is 1. The molecule has 7 heteroatoms. The summed E-state index contributed by atoms with van der Waals surface area (Å²) in [5.41, 5.74) is 1.89. The van der Waals surface area contributed by atoms with Gasteiger partial charge in [-0.05, 0) is 41.5 Å². The van der Waals surface area contributed by atoms with Gasteiger partial charge in [-0.1, -0.05) is 48.5 Å². The van der Waals surface area contributed by atoms with Gasteiger partial charge in [-0.15, -0.1) is 0 Å². The number of carbonyl (C=O) groups is 1. The molecule has 0 saturated carbocycles. The van der Waals surface area contributed by atoms with Crippen LogP contribution in [-0.4, -0.2) is 53.0 Å².